The summed E-state index contributed by atoms with van der Waals surface area (Å²) in [4.78, 5) is 11.9. The molecule has 1 aromatic rings. The number of carbonyl (C=O) groups excluding carboxylic acids is 1. The summed E-state index contributed by atoms with van der Waals surface area (Å²) in [6.45, 7) is 8.09. The first kappa shape index (κ1) is 11.0. The van der Waals surface area contributed by atoms with Crippen molar-refractivity contribution in [1.82, 2.24) is 0 Å². The largest absolute Gasteiger partial charge is 0.294 e. The number of hydrogen-bond donors (Lipinski definition) is 0. The zero-order chi connectivity index (χ0) is 10.7. The molecule has 0 heterocycles. The Hall–Kier alpha value is -1.11. The van der Waals surface area contributed by atoms with Crippen molar-refractivity contribution >= 4 is 5.78 Å². The average molecular weight is 190 g/mol. The van der Waals surface area contributed by atoms with E-state index in [1.165, 1.54) is 0 Å². The van der Waals surface area contributed by atoms with Crippen LogP contribution in [-0.4, -0.2) is 5.78 Å². The van der Waals surface area contributed by atoms with Crippen LogP contribution in [0.15, 0.2) is 18.2 Å². The molecule has 0 aliphatic heterocycles. The zero-order valence-corrected chi connectivity index (χ0v) is 9.42. The van der Waals surface area contributed by atoms with Crippen LogP contribution in [0.2, 0.25) is 0 Å². The highest BCUT2D eigenvalue weighted by Crippen LogP contribution is 2.15. The summed E-state index contributed by atoms with van der Waals surface area (Å²) < 4.78 is 0. The van der Waals surface area contributed by atoms with E-state index in [-0.39, 0.29) is 11.7 Å². The number of carbonyl (C=O) groups is 1. The average Bonchev–Trinajstić information content (AvgIpc) is 2.14. The Labute approximate surface area is 86.1 Å². The highest BCUT2D eigenvalue weighted by Gasteiger charge is 2.13. The van der Waals surface area contributed by atoms with Crippen LogP contribution in [0.1, 0.15) is 41.8 Å². The number of Topliss-reactive ketones (excluding diaryl/α,β-unsaturated/α-hetero) is 1. The second kappa shape index (κ2) is 4.41. The Bertz CT molecular complexity index is 319. The van der Waals surface area contributed by atoms with Gasteiger partial charge in [-0.3, -0.25) is 4.79 Å². The molecule has 1 atom stereocenters. The molecule has 0 aromatic heterocycles. The van der Waals surface area contributed by atoms with Gasteiger partial charge in [-0.25, -0.2) is 0 Å². The van der Waals surface area contributed by atoms with Gasteiger partial charge in [-0.1, -0.05) is 31.0 Å². The first-order chi connectivity index (χ1) is 6.54. The highest BCUT2D eigenvalue weighted by atomic mass is 16.1. The molecule has 0 saturated heterocycles. The maximum absolute atomic E-state index is 11.9. The first-order valence-electron chi connectivity index (χ1n) is 5.17. The van der Waals surface area contributed by atoms with E-state index in [1.807, 2.05) is 39.8 Å². The van der Waals surface area contributed by atoms with E-state index < -0.39 is 0 Å². The maximum atomic E-state index is 11.9. The van der Waals surface area contributed by atoms with Gasteiger partial charge in [0.1, 0.15) is 0 Å². The molecule has 14 heavy (non-hydrogen) atoms. The zero-order valence-electron chi connectivity index (χ0n) is 9.42. The van der Waals surface area contributed by atoms with Crippen LogP contribution in [0.25, 0.3) is 0 Å². The summed E-state index contributed by atoms with van der Waals surface area (Å²) in [7, 11) is 0. The molecule has 1 rings (SSSR count). The van der Waals surface area contributed by atoms with Gasteiger partial charge in [-0.2, -0.15) is 0 Å². The van der Waals surface area contributed by atoms with E-state index in [9.17, 15) is 4.79 Å². The smallest absolute Gasteiger partial charge is 0.165 e. The lowest BCUT2D eigenvalue weighted by Crippen LogP contribution is -2.10. The third-order valence-corrected chi connectivity index (χ3v) is 2.57. The molecule has 0 radical (unpaired) electrons. The molecule has 1 heteroatoms. The van der Waals surface area contributed by atoms with Gasteiger partial charge in [-0.15, -0.1) is 0 Å². The van der Waals surface area contributed by atoms with E-state index in [4.69, 9.17) is 0 Å². The molecule has 0 N–H and O–H groups in total. The van der Waals surface area contributed by atoms with E-state index in [0.717, 1.165) is 23.1 Å². The predicted octanol–water partition coefficient (Wildman–Crippen LogP) is 3.53. The van der Waals surface area contributed by atoms with E-state index in [1.54, 1.807) is 0 Å². The number of benzene rings is 1. The highest BCUT2D eigenvalue weighted by molar-refractivity contribution is 5.97. The van der Waals surface area contributed by atoms with Crippen LogP contribution in [-0.2, 0) is 0 Å². The van der Waals surface area contributed by atoms with Gasteiger partial charge in [0.25, 0.3) is 0 Å². The lowest BCUT2D eigenvalue weighted by atomic mass is 9.95. The topological polar surface area (TPSA) is 17.1 Å². The minimum absolute atomic E-state index is 0.135. The third kappa shape index (κ3) is 2.44. The van der Waals surface area contributed by atoms with Crippen molar-refractivity contribution in [3.05, 3.63) is 34.9 Å². The van der Waals surface area contributed by atoms with Crippen LogP contribution >= 0.6 is 0 Å². The number of ketones is 1. The Morgan fingerprint density at radius 3 is 2.14 bits per heavy atom. The summed E-state index contributed by atoms with van der Waals surface area (Å²) in [6, 6.07) is 6.04. The molecular formula is C13H18O. The lowest BCUT2D eigenvalue weighted by Gasteiger charge is -2.08. The molecule has 1 aromatic carbocycles. The summed E-state index contributed by atoms with van der Waals surface area (Å²) >= 11 is 0. The molecule has 0 spiro atoms. The van der Waals surface area contributed by atoms with Crippen molar-refractivity contribution in [2.75, 3.05) is 0 Å². The molecule has 76 valence electrons. The van der Waals surface area contributed by atoms with Gasteiger partial charge in [0, 0.05) is 11.5 Å². The fraction of sp³-hybridized carbons (Fsp3) is 0.462. The van der Waals surface area contributed by atoms with Gasteiger partial charge in [-0.05, 0) is 32.4 Å². The monoisotopic (exact) mass is 190 g/mol. The Morgan fingerprint density at radius 1 is 1.21 bits per heavy atom. The third-order valence-electron chi connectivity index (χ3n) is 2.57. The summed E-state index contributed by atoms with van der Waals surface area (Å²) in [6.07, 6.45) is 0.909. The molecule has 0 fully saturated rings. The standard InChI is InChI=1S/C13H18O/c1-5-11(4)13(14)12-7-9(2)6-10(3)8-12/h6-8,11H,5H2,1-4H3. The van der Waals surface area contributed by atoms with E-state index >= 15 is 0 Å². The summed E-state index contributed by atoms with van der Waals surface area (Å²) in [5.74, 6) is 0.399. The van der Waals surface area contributed by atoms with Crippen LogP contribution in [0.4, 0.5) is 0 Å². The summed E-state index contributed by atoms with van der Waals surface area (Å²) in [5.41, 5.74) is 3.19. The van der Waals surface area contributed by atoms with E-state index in [0.29, 0.717) is 0 Å². The van der Waals surface area contributed by atoms with Gasteiger partial charge in [0.2, 0.25) is 0 Å². The fourth-order valence-electron chi connectivity index (χ4n) is 1.59. The van der Waals surface area contributed by atoms with Crippen molar-refractivity contribution in [2.45, 2.75) is 34.1 Å². The number of hydrogen-bond acceptors (Lipinski definition) is 1. The van der Waals surface area contributed by atoms with Crippen LogP contribution < -0.4 is 0 Å². The van der Waals surface area contributed by atoms with Crippen molar-refractivity contribution in [3.63, 3.8) is 0 Å². The predicted molar refractivity (Wildman–Crippen MR) is 59.7 cm³/mol. The molecule has 1 unspecified atom stereocenters. The van der Waals surface area contributed by atoms with Crippen molar-refractivity contribution in [3.8, 4) is 0 Å². The quantitative estimate of drug-likeness (QED) is 0.666. The van der Waals surface area contributed by atoms with Gasteiger partial charge in [0.15, 0.2) is 5.78 Å². The van der Waals surface area contributed by atoms with Crippen LogP contribution in [0.5, 0.6) is 0 Å². The minimum Gasteiger partial charge on any atom is -0.294 e. The Kier molecular flexibility index (Phi) is 3.45. The molecule has 0 aliphatic carbocycles. The fourth-order valence-corrected chi connectivity index (χ4v) is 1.59. The van der Waals surface area contributed by atoms with Crippen LogP contribution in [0, 0.1) is 19.8 Å². The normalized spacial score (nSPS) is 12.6. The number of aryl methyl sites for hydroxylation is 2. The van der Waals surface area contributed by atoms with Gasteiger partial charge in [0.05, 0.1) is 0 Å². The molecule has 0 amide bonds. The molecule has 1 nitrogen and oxygen atoms in total. The van der Waals surface area contributed by atoms with Gasteiger partial charge >= 0.3 is 0 Å². The first-order valence-corrected chi connectivity index (χ1v) is 5.17. The number of rotatable bonds is 3. The Balaban J connectivity index is 3.01. The minimum atomic E-state index is 0.135. The second-order valence-electron chi connectivity index (χ2n) is 4.05. The Morgan fingerprint density at radius 2 is 1.71 bits per heavy atom. The summed E-state index contributed by atoms with van der Waals surface area (Å²) in [5, 5.41) is 0. The van der Waals surface area contributed by atoms with Gasteiger partial charge < -0.3 is 0 Å². The lowest BCUT2D eigenvalue weighted by molar-refractivity contribution is 0.0927. The van der Waals surface area contributed by atoms with Crippen molar-refractivity contribution in [1.29, 1.82) is 0 Å². The molecular weight excluding hydrogens is 172 g/mol. The van der Waals surface area contributed by atoms with Crippen LogP contribution in [0.3, 0.4) is 0 Å². The molecule has 0 aliphatic rings. The van der Waals surface area contributed by atoms with Crippen molar-refractivity contribution < 1.29 is 4.79 Å². The second-order valence-corrected chi connectivity index (χ2v) is 4.05. The van der Waals surface area contributed by atoms with E-state index in [2.05, 4.69) is 6.07 Å². The van der Waals surface area contributed by atoms with Crippen molar-refractivity contribution in [2.24, 2.45) is 5.92 Å². The SMILES string of the molecule is CCC(C)C(=O)c1cc(C)cc(C)c1. The molecule has 0 bridgehead atoms. The maximum Gasteiger partial charge on any atom is 0.165 e. The molecule has 0 saturated carbocycles.